The third-order valence-electron chi connectivity index (χ3n) is 4.36. The van der Waals surface area contributed by atoms with Crippen molar-refractivity contribution in [1.82, 2.24) is 9.78 Å². The number of carbonyl (C=O) groups excluding carboxylic acids is 1. The van der Waals surface area contributed by atoms with Crippen LogP contribution in [0.15, 0.2) is 0 Å². The van der Waals surface area contributed by atoms with Gasteiger partial charge in [-0.3, -0.25) is 10.00 Å². The van der Waals surface area contributed by atoms with Crippen molar-refractivity contribution in [2.75, 3.05) is 11.9 Å². The van der Waals surface area contributed by atoms with Crippen LogP contribution in [-0.4, -0.2) is 34.8 Å². The molecular weight excluding hydrogens is 330 g/mol. The number of anilines is 1. The first-order chi connectivity index (χ1) is 11.2. The van der Waals surface area contributed by atoms with Gasteiger partial charge in [0.05, 0.1) is 5.69 Å². The zero-order valence-electron chi connectivity index (χ0n) is 13.2. The van der Waals surface area contributed by atoms with Gasteiger partial charge in [-0.1, -0.05) is 0 Å². The first-order valence-corrected chi connectivity index (χ1v) is 7.90. The number of carbonyl (C=O) groups is 1. The Morgan fingerprint density at radius 1 is 1.42 bits per heavy atom. The summed E-state index contributed by atoms with van der Waals surface area (Å²) >= 11 is 0. The Labute approximate surface area is 136 Å². The van der Waals surface area contributed by atoms with Crippen molar-refractivity contribution in [2.45, 2.75) is 50.4 Å². The largest absolute Gasteiger partial charge is 0.443 e. The molecule has 1 aromatic rings. The predicted molar refractivity (Wildman–Crippen MR) is 77.5 cm³/mol. The average Bonchev–Trinajstić information content (AvgIpc) is 3.22. The minimum absolute atomic E-state index is 0.119. The van der Waals surface area contributed by atoms with Crippen molar-refractivity contribution in [3.05, 3.63) is 11.3 Å². The number of aryl methyl sites for hydroxylation is 1. The van der Waals surface area contributed by atoms with Gasteiger partial charge in [-0.15, -0.1) is 0 Å². The van der Waals surface area contributed by atoms with Crippen LogP contribution < -0.4 is 5.32 Å². The standard InChI is InChI=1S/C15H19F4N3O2/c1-22-13(20-14(23)24-7-11(16)17)12(9-2-3-9)10(21-22)4-8-5-15(18,19)6-8/h8-9,11H,2-7H2,1H3,(H,20,23). The van der Waals surface area contributed by atoms with Crippen molar-refractivity contribution in [3.63, 3.8) is 0 Å². The first-order valence-electron chi connectivity index (χ1n) is 7.90. The molecule has 5 nitrogen and oxygen atoms in total. The molecule has 134 valence electrons. The maximum atomic E-state index is 13.0. The number of alkyl halides is 4. The van der Waals surface area contributed by atoms with E-state index >= 15 is 0 Å². The Hall–Kier alpha value is -1.80. The molecule has 0 spiro atoms. The van der Waals surface area contributed by atoms with Gasteiger partial charge in [0.25, 0.3) is 6.43 Å². The molecule has 2 saturated carbocycles. The quantitative estimate of drug-likeness (QED) is 0.797. The molecule has 24 heavy (non-hydrogen) atoms. The third kappa shape index (κ3) is 3.81. The van der Waals surface area contributed by atoms with E-state index in [1.807, 2.05) is 0 Å². The fourth-order valence-corrected chi connectivity index (χ4v) is 3.17. The number of aromatic nitrogens is 2. The van der Waals surface area contributed by atoms with Crippen LogP contribution in [-0.2, 0) is 18.2 Å². The summed E-state index contributed by atoms with van der Waals surface area (Å²) in [6, 6.07) is 0. The Bertz CT molecular complexity index is 620. The van der Waals surface area contributed by atoms with E-state index in [4.69, 9.17) is 0 Å². The Morgan fingerprint density at radius 3 is 2.62 bits per heavy atom. The van der Waals surface area contributed by atoms with E-state index in [0.717, 1.165) is 18.4 Å². The molecule has 9 heteroatoms. The van der Waals surface area contributed by atoms with Crippen LogP contribution in [0.5, 0.6) is 0 Å². The van der Waals surface area contributed by atoms with Crippen LogP contribution in [0.25, 0.3) is 0 Å². The second-order valence-electron chi connectivity index (χ2n) is 6.56. The molecule has 0 saturated heterocycles. The topological polar surface area (TPSA) is 56.2 Å². The van der Waals surface area contributed by atoms with Gasteiger partial charge in [0.1, 0.15) is 5.82 Å². The maximum absolute atomic E-state index is 13.0. The van der Waals surface area contributed by atoms with Crippen molar-refractivity contribution in [3.8, 4) is 0 Å². The maximum Gasteiger partial charge on any atom is 0.413 e. The van der Waals surface area contributed by atoms with E-state index in [0.29, 0.717) is 17.9 Å². The van der Waals surface area contributed by atoms with E-state index < -0.39 is 25.0 Å². The smallest absolute Gasteiger partial charge is 0.413 e. The number of ether oxygens (including phenoxy) is 1. The lowest BCUT2D eigenvalue weighted by Gasteiger charge is -2.34. The van der Waals surface area contributed by atoms with Crippen LogP contribution in [0.1, 0.15) is 42.9 Å². The molecule has 3 rings (SSSR count). The molecule has 0 aliphatic heterocycles. The van der Waals surface area contributed by atoms with Crippen molar-refractivity contribution >= 4 is 11.9 Å². The minimum atomic E-state index is -2.74. The van der Waals surface area contributed by atoms with Crippen LogP contribution in [0.3, 0.4) is 0 Å². The number of nitrogens with one attached hydrogen (secondary N) is 1. The van der Waals surface area contributed by atoms with Gasteiger partial charge in [0.2, 0.25) is 5.92 Å². The normalized spacial score (nSPS) is 20.1. The lowest BCUT2D eigenvalue weighted by atomic mass is 9.78. The second-order valence-corrected chi connectivity index (χ2v) is 6.56. The fourth-order valence-electron chi connectivity index (χ4n) is 3.17. The van der Waals surface area contributed by atoms with Gasteiger partial charge in [0.15, 0.2) is 6.61 Å². The summed E-state index contributed by atoms with van der Waals surface area (Å²) < 4.78 is 56.1. The highest BCUT2D eigenvalue weighted by Crippen LogP contribution is 2.48. The molecule has 0 unspecified atom stereocenters. The van der Waals surface area contributed by atoms with Crippen LogP contribution in [0.2, 0.25) is 0 Å². The van der Waals surface area contributed by atoms with Crippen LogP contribution >= 0.6 is 0 Å². The van der Waals surface area contributed by atoms with Crippen LogP contribution in [0.4, 0.5) is 28.2 Å². The van der Waals surface area contributed by atoms with Crippen molar-refractivity contribution < 1.29 is 27.1 Å². The Morgan fingerprint density at radius 2 is 2.08 bits per heavy atom. The summed E-state index contributed by atoms with van der Waals surface area (Å²) in [5.41, 5.74) is 1.52. The monoisotopic (exact) mass is 349 g/mol. The SMILES string of the molecule is Cn1nc(CC2CC(F)(F)C2)c(C2CC2)c1NC(=O)OCC(F)F. The summed E-state index contributed by atoms with van der Waals surface area (Å²) in [6.45, 7) is -0.980. The molecule has 0 radical (unpaired) electrons. The lowest BCUT2D eigenvalue weighted by molar-refractivity contribution is -0.110. The second kappa shape index (κ2) is 6.25. The first kappa shape index (κ1) is 17.0. The van der Waals surface area contributed by atoms with Gasteiger partial charge < -0.3 is 4.74 Å². The van der Waals surface area contributed by atoms with Gasteiger partial charge in [-0.25, -0.2) is 22.4 Å². The van der Waals surface area contributed by atoms with Gasteiger partial charge in [-0.05, 0) is 31.1 Å². The van der Waals surface area contributed by atoms with E-state index in [1.54, 1.807) is 7.05 Å². The van der Waals surface area contributed by atoms with E-state index in [1.165, 1.54) is 4.68 Å². The number of rotatable bonds is 6. The molecule has 2 fully saturated rings. The van der Waals surface area contributed by atoms with Gasteiger partial charge >= 0.3 is 6.09 Å². The highest BCUT2D eigenvalue weighted by atomic mass is 19.3. The number of amides is 1. The van der Waals surface area contributed by atoms with E-state index in [-0.39, 0.29) is 24.7 Å². The lowest BCUT2D eigenvalue weighted by Crippen LogP contribution is -2.36. The number of hydrogen-bond acceptors (Lipinski definition) is 3. The number of nitrogens with zero attached hydrogens (tertiary/aromatic N) is 2. The Kier molecular flexibility index (Phi) is 4.44. The zero-order valence-corrected chi connectivity index (χ0v) is 13.2. The average molecular weight is 349 g/mol. The molecule has 2 aliphatic carbocycles. The number of hydrogen-bond donors (Lipinski definition) is 1. The summed E-state index contributed by atoms with van der Waals surface area (Å²) in [5, 5.41) is 6.80. The molecule has 0 aromatic carbocycles. The molecule has 1 amide bonds. The zero-order chi connectivity index (χ0) is 17.5. The molecule has 1 N–H and O–H groups in total. The molecular formula is C15H19F4N3O2. The predicted octanol–water partition coefficient (Wildman–Crippen LogP) is 3.70. The summed E-state index contributed by atoms with van der Waals surface area (Å²) in [6.07, 6.45) is -1.70. The summed E-state index contributed by atoms with van der Waals surface area (Å²) in [4.78, 5) is 11.6. The molecule has 2 aliphatic rings. The fraction of sp³-hybridized carbons (Fsp3) is 0.733. The summed E-state index contributed by atoms with van der Waals surface area (Å²) in [7, 11) is 1.62. The van der Waals surface area contributed by atoms with Crippen LogP contribution in [0, 0.1) is 5.92 Å². The highest BCUT2D eigenvalue weighted by Gasteiger charge is 2.46. The molecule has 0 bridgehead atoms. The van der Waals surface area contributed by atoms with E-state index in [9.17, 15) is 22.4 Å². The molecule has 1 heterocycles. The van der Waals surface area contributed by atoms with E-state index in [2.05, 4.69) is 15.2 Å². The Balaban J connectivity index is 1.71. The highest BCUT2D eigenvalue weighted by molar-refractivity contribution is 5.85. The van der Waals surface area contributed by atoms with Gasteiger partial charge in [0, 0.05) is 25.5 Å². The molecule has 0 atom stereocenters. The molecule has 1 aromatic heterocycles. The third-order valence-corrected chi connectivity index (χ3v) is 4.36. The van der Waals surface area contributed by atoms with Crippen molar-refractivity contribution in [1.29, 1.82) is 0 Å². The van der Waals surface area contributed by atoms with Crippen molar-refractivity contribution in [2.24, 2.45) is 13.0 Å². The minimum Gasteiger partial charge on any atom is -0.443 e. The van der Waals surface area contributed by atoms with Gasteiger partial charge in [-0.2, -0.15) is 5.10 Å². The summed E-state index contributed by atoms with van der Waals surface area (Å²) in [5.74, 6) is -2.08. The number of halogens is 4.